The van der Waals surface area contributed by atoms with Crippen LogP contribution in [0.3, 0.4) is 0 Å². The van der Waals surface area contributed by atoms with Gasteiger partial charge in [-0.2, -0.15) is 11.8 Å². The lowest BCUT2D eigenvalue weighted by Crippen LogP contribution is -2.31. The van der Waals surface area contributed by atoms with Crippen molar-refractivity contribution in [2.75, 3.05) is 18.6 Å². The zero-order valence-electron chi connectivity index (χ0n) is 11.7. The number of thioether (sulfide) groups is 1. The Morgan fingerprint density at radius 1 is 1.26 bits per heavy atom. The van der Waals surface area contributed by atoms with Crippen molar-refractivity contribution in [1.82, 2.24) is 10.3 Å². The highest BCUT2D eigenvalue weighted by Gasteiger charge is 2.10. The van der Waals surface area contributed by atoms with Crippen LogP contribution in [0.1, 0.15) is 18.9 Å². The van der Waals surface area contributed by atoms with Gasteiger partial charge in [-0.15, -0.1) is 0 Å². The van der Waals surface area contributed by atoms with E-state index in [1.807, 2.05) is 18.0 Å². The second kappa shape index (κ2) is 7.51. The molecule has 0 aliphatic heterocycles. The molecule has 2 nitrogen and oxygen atoms in total. The van der Waals surface area contributed by atoms with Crippen molar-refractivity contribution < 1.29 is 0 Å². The van der Waals surface area contributed by atoms with Crippen LogP contribution in [0.4, 0.5) is 0 Å². The minimum atomic E-state index is 0.559. The number of aromatic nitrogens is 1. The predicted molar refractivity (Wildman–Crippen MR) is 85.9 cm³/mol. The second-order valence-corrected chi connectivity index (χ2v) is 5.71. The van der Waals surface area contributed by atoms with Crippen LogP contribution in [0.5, 0.6) is 0 Å². The first-order chi connectivity index (χ1) is 9.35. The highest BCUT2D eigenvalue weighted by atomic mass is 32.2. The maximum atomic E-state index is 4.43. The monoisotopic (exact) mass is 274 g/mol. The SMILES string of the molecule is CCNC(CCSC)Cc1ccnc2ccccc12. The number of hydrogen-bond acceptors (Lipinski definition) is 3. The van der Waals surface area contributed by atoms with E-state index in [-0.39, 0.29) is 0 Å². The third kappa shape index (κ3) is 3.95. The van der Waals surface area contributed by atoms with Crippen LogP contribution in [-0.4, -0.2) is 29.6 Å². The summed E-state index contributed by atoms with van der Waals surface area (Å²) in [6.07, 6.45) is 6.39. The molecule has 0 fully saturated rings. The standard InChI is InChI=1S/C16H22N2S/c1-3-17-14(9-11-19-2)12-13-8-10-18-16-7-5-4-6-15(13)16/h4-8,10,14,17H,3,9,11-12H2,1-2H3. The number of para-hydroxylation sites is 1. The van der Waals surface area contributed by atoms with Gasteiger partial charge in [-0.1, -0.05) is 25.1 Å². The lowest BCUT2D eigenvalue weighted by molar-refractivity contribution is 0.515. The Bertz CT molecular complexity index is 508. The first-order valence-corrected chi connectivity index (χ1v) is 8.29. The van der Waals surface area contributed by atoms with Crippen molar-refractivity contribution in [3.8, 4) is 0 Å². The van der Waals surface area contributed by atoms with Gasteiger partial charge < -0.3 is 5.32 Å². The van der Waals surface area contributed by atoms with E-state index in [1.54, 1.807) is 0 Å². The van der Waals surface area contributed by atoms with Gasteiger partial charge in [-0.25, -0.2) is 0 Å². The molecule has 0 amide bonds. The van der Waals surface area contributed by atoms with E-state index in [2.05, 4.69) is 53.8 Å². The molecule has 19 heavy (non-hydrogen) atoms. The van der Waals surface area contributed by atoms with E-state index in [9.17, 15) is 0 Å². The molecule has 3 heteroatoms. The van der Waals surface area contributed by atoms with Gasteiger partial charge in [0, 0.05) is 17.6 Å². The summed E-state index contributed by atoms with van der Waals surface area (Å²) >= 11 is 1.92. The molecule has 1 aromatic heterocycles. The fraction of sp³-hybridized carbons (Fsp3) is 0.438. The van der Waals surface area contributed by atoms with Crippen LogP contribution < -0.4 is 5.32 Å². The smallest absolute Gasteiger partial charge is 0.0704 e. The third-order valence-electron chi connectivity index (χ3n) is 3.37. The highest BCUT2D eigenvalue weighted by Crippen LogP contribution is 2.18. The molecule has 2 aromatic rings. The summed E-state index contributed by atoms with van der Waals surface area (Å²) in [7, 11) is 0. The molecule has 1 atom stereocenters. The number of rotatable bonds is 7. The van der Waals surface area contributed by atoms with Gasteiger partial charge in [0.25, 0.3) is 0 Å². The Hall–Kier alpha value is -1.06. The van der Waals surface area contributed by atoms with Crippen LogP contribution in [0.15, 0.2) is 36.5 Å². The maximum Gasteiger partial charge on any atom is 0.0704 e. The zero-order valence-corrected chi connectivity index (χ0v) is 12.5. The molecule has 0 saturated heterocycles. The average molecular weight is 274 g/mol. The Kier molecular flexibility index (Phi) is 5.67. The Labute approximate surface area is 120 Å². The molecular formula is C16H22N2S. The molecule has 1 unspecified atom stereocenters. The van der Waals surface area contributed by atoms with E-state index >= 15 is 0 Å². The first kappa shape index (κ1) is 14.4. The Balaban J connectivity index is 2.18. The molecule has 1 N–H and O–H groups in total. The molecule has 0 saturated carbocycles. The lowest BCUT2D eigenvalue weighted by Gasteiger charge is -2.18. The van der Waals surface area contributed by atoms with Crippen molar-refractivity contribution >= 4 is 22.7 Å². The fourth-order valence-electron chi connectivity index (χ4n) is 2.42. The number of hydrogen-bond donors (Lipinski definition) is 1. The number of nitrogens with zero attached hydrogens (tertiary/aromatic N) is 1. The van der Waals surface area contributed by atoms with Gasteiger partial charge in [-0.3, -0.25) is 4.98 Å². The van der Waals surface area contributed by atoms with Crippen molar-refractivity contribution in [1.29, 1.82) is 0 Å². The quantitative estimate of drug-likeness (QED) is 0.836. The first-order valence-electron chi connectivity index (χ1n) is 6.90. The van der Waals surface area contributed by atoms with Crippen molar-refractivity contribution in [2.45, 2.75) is 25.8 Å². The summed E-state index contributed by atoms with van der Waals surface area (Å²) in [6, 6.07) is 11.1. The van der Waals surface area contributed by atoms with Gasteiger partial charge in [0.15, 0.2) is 0 Å². The van der Waals surface area contributed by atoms with Gasteiger partial charge >= 0.3 is 0 Å². The van der Waals surface area contributed by atoms with E-state index in [0.717, 1.165) is 18.5 Å². The Morgan fingerprint density at radius 3 is 2.89 bits per heavy atom. The fourth-order valence-corrected chi connectivity index (χ4v) is 2.94. The van der Waals surface area contributed by atoms with E-state index < -0.39 is 0 Å². The number of fused-ring (bicyclic) bond motifs is 1. The van der Waals surface area contributed by atoms with Crippen molar-refractivity contribution in [3.63, 3.8) is 0 Å². The van der Waals surface area contributed by atoms with Gasteiger partial charge in [0.1, 0.15) is 0 Å². The van der Waals surface area contributed by atoms with E-state index in [0.29, 0.717) is 6.04 Å². The molecule has 1 heterocycles. The number of nitrogens with one attached hydrogen (secondary N) is 1. The minimum absolute atomic E-state index is 0.559. The van der Waals surface area contributed by atoms with Gasteiger partial charge in [0.2, 0.25) is 0 Å². The highest BCUT2D eigenvalue weighted by molar-refractivity contribution is 7.98. The minimum Gasteiger partial charge on any atom is -0.314 e. The summed E-state index contributed by atoms with van der Waals surface area (Å²) in [5.41, 5.74) is 2.50. The zero-order chi connectivity index (χ0) is 13.5. The summed E-state index contributed by atoms with van der Waals surface area (Å²) in [5, 5.41) is 4.89. The van der Waals surface area contributed by atoms with Crippen LogP contribution >= 0.6 is 11.8 Å². The molecule has 0 spiro atoms. The molecular weight excluding hydrogens is 252 g/mol. The number of benzene rings is 1. The summed E-state index contributed by atoms with van der Waals surface area (Å²) in [6.45, 7) is 3.21. The van der Waals surface area contributed by atoms with Crippen LogP contribution in [0.25, 0.3) is 10.9 Å². The van der Waals surface area contributed by atoms with Gasteiger partial charge in [-0.05, 0) is 49.1 Å². The normalized spacial score (nSPS) is 12.7. The lowest BCUT2D eigenvalue weighted by atomic mass is 10.0. The maximum absolute atomic E-state index is 4.43. The summed E-state index contributed by atoms with van der Waals surface area (Å²) in [4.78, 5) is 4.43. The van der Waals surface area contributed by atoms with Crippen molar-refractivity contribution in [3.05, 3.63) is 42.1 Å². The summed E-state index contributed by atoms with van der Waals surface area (Å²) in [5.74, 6) is 1.21. The molecule has 2 rings (SSSR count). The molecule has 0 radical (unpaired) electrons. The number of likely N-dealkylation sites (N-methyl/N-ethyl adjacent to an activating group) is 1. The average Bonchev–Trinajstić information content (AvgIpc) is 2.45. The summed E-state index contributed by atoms with van der Waals surface area (Å²) < 4.78 is 0. The predicted octanol–water partition coefficient (Wildman–Crippen LogP) is 3.51. The van der Waals surface area contributed by atoms with Crippen LogP contribution in [0, 0.1) is 0 Å². The topological polar surface area (TPSA) is 24.9 Å². The third-order valence-corrected chi connectivity index (χ3v) is 4.01. The molecule has 102 valence electrons. The Morgan fingerprint density at radius 2 is 2.11 bits per heavy atom. The molecule has 0 aliphatic carbocycles. The van der Waals surface area contributed by atoms with Crippen LogP contribution in [0.2, 0.25) is 0 Å². The number of pyridine rings is 1. The second-order valence-electron chi connectivity index (χ2n) is 4.73. The molecule has 1 aromatic carbocycles. The largest absolute Gasteiger partial charge is 0.314 e. The van der Waals surface area contributed by atoms with E-state index in [4.69, 9.17) is 0 Å². The van der Waals surface area contributed by atoms with Crippen LogP contribution in [-0.2, 0) is 6.42 Å². The molecule has 0 aliphatic rings. The van der Waals surface area contributed by atoms with E-state index in [1.165, 1.54) is 23.1 Å². The van der Waals surface area contributed by atoms with Crippen molar-refractivity contribution in [2.24, 2.45) is 0 Å². The molecule has 0 bridgehead atoms. The van der Waals surface area contributed by atoms with Gasteiger partial charge in [0.05, 0.1) is 5.52 Å².